The number of rotatable bonds is 1. The fraction of sp³-hybridized carbons (Fsp3) is 0.150. The monoisotopic (exact) mass is 332 g/mol. The molecule has 2 amide bonds. The molecular weight excluding hydrogens is 316 g/mol. The molecule has 0 aliphatic carbocycles. The molecule has 5 rings (SSSR count). The van der Waals surface area contributed by atoms with Gasteiger partial charge in [0.25, 0.3) is 0 Å². The molecule has 0 spiro atoms. The maximum Gasteiger partial charge on any atom is 0.323 e. The van der Waals surface area contributed by atoms with E-state index in [9.17, 15) is 4.79 Å². The minimum Gasteiger partial charge on any atom is -0.307 e. The Kier molecular flexibility index (Phi) is 2.91. The van der Waals surface area contributed by atoms with Crippen LogP contribution in [0.3, 0.4) is 0 Å². The lowest BCUT2D eigenvalue weighted by molar-refractivity contribution is 0.195. The number of para-hydroxylation sites is 1. The van der Waals surface area contributed by atoms with Gasteiger partial charge in [-0.15, -0.1) is 11.8 Å². The van der Waals surface area contributed by atoms with Crippen molar-refractivity contribution in [3.8, 4) is 0 Å². The Balaban J connectivity index is 1.88. The third-order valence-corrected chi connectivity index (χ3v) is 6.40. The van der Waals surface area contributed by atoms with Gasteiger partial charge in [0.15, 0.2) is 0 Å². The summed E-state index contributed by atoms with van der Waals surface area (Å²) >= 11 is 1.85. The van der Waals surface area contributed by atoms with Crippen LogP contribution in [0.2, 0.25) is 0 Å². The summed E-state index contributed by atoms with van der Waals surface area (Å²) in [5, 5.41) is 5.47. The SMILES string of the molecule is O=C1Nc2ccccc2C2(c3cccc4ccccc34)SCCN12. The van der Waals surface area contributed by atoms with Crippen molar-refractivity contribution in [1.82, 2.24) is 4.90 Å². The fourth-order valence-electron chi connectivity index (χ4n) is 3.95. The molecule has 3 aromatic carbocycles. The first-order valence-electron chi connectivity index (χ1n) is 8.11. The van der Waals surface area contributed by atoms with Gasteiger partial charge in [-0.1, -0.05) is 60.7 Å². The summed E-state index contributed by atoms with van der Waals surface area (Å²) < 4.78 is 0. The molecule has 2 heterocycles. The van der Waals surface area contributed by atoms with E-state index in [0.717, 1.165) is 18.0 Å². The van der Waals surface area contributed by atoms with Crippen LogP contribution in [0.4, 0.5) is 10.5 Å². The Labute approximate surface area is 144 Å². The van der Waals surface area contributed by atoms with Gasteiger partial charge >= 0.3 is 6.03 Å². The summed E-state index contributed by atoms with van der Waals surface area (Å²) in [6.45, 7) is 0.758. The molecular formula is C20H16N2OS. The third-order valence-electron chi connectivity index (χ3n) is 4.94. The van der Waals surface area contributed by atoms with Crippen molar-refractivity contribution in [3.63, 3.8) is 0 Å². The lowest BCUT2D eigenvalue weighted by Gasteiger charge is -2.43. The highest BCUT2D eigenvalue weighted by Gasteiger charge is 2.51. The van der Waals surface area contributed by atoms with Crippen LogP contribution in [0, 0.1) is 0 Å². The van der Waals surface area contributed by atoms with E-state index >= 15 is 0 Å². The summed E-state index contributed by atoms with van der Waals surface area (Å²) in [7, 11) is 0. The lowest BCUT2D eigenvalue weighted by atomic mass is 9.89. The van der Waals surface area contributed by atoms with E-state index in [-0.39, 0.29) is 6.03 Å². The van der Waals surface area contributed by atoms with Gasteiger partial charge in [-0.2, -0.15) is 0 Å². The maximum atomic E-state index is 12.8. The Morgan fingerprint density at radius 2 is 1.67 bits per heavy atom. The second-order valence-electron chi connectivity index (χ2n) is 6.15. The standard InChI is InChI=1S/C20H16N2OS/c23-19-21-18-11-4-3-9-17(18)20(22(19)12-13-24-20)16-10-5-7-14-6-1-2-8-15(14)16/h1-11H,12-13H2,(H,21,23). The minimum atomic E-state index is -0.445. The topological polar surface area (TPSA) is 32.3 Å². The molecule has 1 saturated heterocycles. The van der Waals surface area contributed by atoms with Gasteiger partial charge < -0.3 is 10.2 Å². The van der Waals surface area contributed by atoms with Gasteiger partial charge in [0.2, 0.25) is 0 Å². The Morgan fingerprint density at radius 3 is 2.62 bits per heavy atom. The zero-order chi connectivity index (χ0) is 16.1. The average Bonchev–Trinajstić information content (AvgIpc) is 3.08. The zero-order valence-corrected chi connectivity index (χ0v) is 13.8. The Hall–Kier alpha value is -2.46. The van der Waals surface area contributed by atoms with E-state index < -0.39 is 4.87 Å². The molecule has 1 unspecified atom stereocenters. The summed E-state index contributed by atoms with van der Waals surface area (Å²) in [5.74, 6) is 0.935. The predicted octanol–water partition coefficient (Wildman–Crippen LogP) is 4.64. The molecule has 0 radical (unpaired) electrons. The second-order valence-corrected chi connectivity index (χ2v) is 7.43. The summed E-state index contributed by atoms with van der Waals surface area (Å²) in [4.78, 5) is 14.3. The number of hydrogen-bond acceptors (Lipinski definition) is 2. The molecule has 1 N–H and O–H groups in total. The van der Waals surface area contributed by atoms with Crippen LogP contribution in [0.5, 0.6) is 0 Å². The number of amides is 2. The predicted molar refractivity (Wildman–Crippen MR) is 99.4 cm³/mol. The van der Waals surface area contributed by atoms with Gasteiger partial charge in [-0.3, -0.25) is 0 Å². The second kappa shape index (κ2) is 5.02. The molecule has 1 fully saturated rings. The molecule has 24 heavy (non-hydrogen) atoms. The third kappa shape index (κ3) is 1.72. The van der Waals surface area contributed by atoms with E-state index in [4.69, 9.17) is 0 Å². The quantitative estimate of drug-likeness (QED) is 0.704. The number of nitrogens with zero attached hydrogens (tertiary/aromatic N) is 1. The van der Waals surface area contributed by atoms with Gasteiger partial charge in [-0.25, -0.2) is 4.79 Å². The van der Waals surface area contributed by atoms with Crippen LogP contribution in [-0.4, -0.2) is 23.2 Å². The number of thioether (sulfide) groups is 1. The molecule has 0 aromatic heterocycles. The zero-order valence-electron chi connectivity index (χ0n) is 13.0. The molecule has 4 heteroatoms. The summed E-state index contributed by atoms with van der Waals surface area (Å²) in [5.41, 5.74) is 3.29. The van der Waals surface area contributed by atoms with E-state index in [2.05, 4.69) is 59.9 Å². The molecule has 3 aromatic rings. The van der Waals surface area contributed by atoms with E-state index in [1.54, 1.807) is 0 Å². The minimum absolute atomic E-state index is 0.00775. The normalized spacial score (nSPS) is 22.2. The maximum absolute atomic E-state index is 12.8. The van der Waals surface area contributed by atoms with Crippen LogP contribution >= 0.6 is 11.8 Å². The number of hydrogen-bond donors (Lipinski definition) is 1. The Morgan fingerprint density at radius 1 is 0.917 bits per heavy atom. The molecule has 2 aliphatic heterocycles. The van der Waals surface area contributed by atoms with E-state index in [0.29, 0.717) is 0 Å². The van der Waals surface area contributed by atoms with Gasteiger partial charge in [0, 0.05) is 29.1 Å². The van der Waals surface area contributed by atoms with Crippen molar-refractivity contribution < 1.29 is 4.79 Å². The average molecular weight is 332 g/mol. The largest absolute Gasteiger partial charge is 0.323 e. The van der Waals surface area contributed by atoms with Crippen molar-refractivity contribution in [2.75, 3.05) is 17.6 Å². The molecule has 1 atom stereocenters. The van der Waals surface area contributed by atoms with E-state index in [1.807, 2.05) is 28.8 Å². The summed E-state index contributed by atoms with van der Waals surface area (Å²) in [6, 6.07) is 23.0. The number of fused-ring (bicyclic) bond motifs is 4. The van der Waals surface area contributed by atoms with Crippen LogP contribution in [-0.2, 0) is 4.87 Å². The summed E-state index contributed by atoms with van der Waals surface area (Å²) in [6.07, 6.45) is 0. The van der Waals surface area contributed by atoms with Crippen LogP contribution in [0.15, 0.2) is 66.7 Å². The number of benzene rings is 3. The van der Waals surface area contributed by atoms with Gasteiger partial charge in [0.05, 0.1) is 0 Å². The van der Waals surface area contributed by atoms with Crippen molar-refractivity contribution >= 4 is 34.3 Å². The number of carbonyl (C=O) groups excluding carboxylic acids is 1. The van der Waals surface area contributed by atoms with Crippen LogP contribution in [0.25, 0.3) is 10.8 Å². The van der Waals surface area contributed by atoms with Crippen LogP contribution < -0.4 is 5.32 Å². The highest BCUT2D eigenvalue weighted by Crippen LogP contribution is 2.55. The number of urea groups is 1. The van der Waals surface area contributed by atoms with E-state index in [1.165, 1.54) is 21.9 Å². The fourth-order valence-corrected chi connectivity index (χ4v) is 5.51. The number of nitrogens with one attached hydrogen (secondary N) is 1. The van der Waals surface area contributed by atoms with Crippen molar-refractivity contribution in [2.45, 2.75) is 4.87 Å². The Bertz CT molecular complexity index is 965. The molecule has 3 nitrogen and oxygen atoms in total. The first-order chi connectivity index (χ1) is 11.8. The molecule has 2 aliphatic rings. The smallest absolute Gasteiger partial charge is 0.307 e. The molecule has 118 valence electrons. The van der Waals surface area contributed by atoms with Crippen molar-refractivity contribution in [1.29, 1.82) is 0 Å². The van der Waals surface area contributed by atoms with Crippen molar-refractivity contribution in [3.05, 3.63) is 77.9 Å². The number of carbonyl (C=O) groups is 1. The lowest BCUT2D eigenvalue weighted by Crippen LogP contribution is -2.50. The van der Waals surface area contributed by atoms with Crippen LogP contribution in [0.1, 0.15) is 11.1 Å². The highest BCUT2D eigenvalue weighted by molar-refractivity contribution is 8.00. The van der Waals surface area contributed by atoms with Gasteiger partial charge in [-0.05, 0) is 16.8 Å². The first kappa shape index (κ1) is 13.9. The first-order valence-corrected chi connectivity index (χ1v) is 9.09. The molecule has 0 saturated carbocycles. The highest BCUT2D eigenvalue weighted by atomic mass is 32.2. The van der Waals surface area contributed by atoms with Crippen molar-refractivity contribution in [2.24, 2.45) is 0 Å². The molecule has 0 bridgehead atoms. The van der Waals surface area contributed by atoms with Gasteiger partial charge in [0.1, 0.15) is 4.87 Å². The number of anilines is 1.